The van der Waals surface area contributed by atoms with E-state index in [4.69, 9.17) is 5.11 Å². The van der Waals surface area contributed by atoms with E-state index in [0.717, 1.165) is 0 Å². The van der Waals surface area contributed by atoms with Crippen LogP contribution in [0.3, 0.4) is 0 Å². The molecule has 14 heavy (non-hydrogen) atoms. The molecular weight excluding hydrogens is 182 g/mol. The minimum absolute atomic E-state index is 0.00523. The molecule has 0 rings (SSSR count). The van der Waals surface area contributed by atoms with Gasteiger partial charge in [0.25, 0.3) is 0 Å². The third-order valence-corrected chi connectivity index (χ3v) is 2.47. The third-order valence-electron chi connectivity index (χ3n) is 2.47. The SMILES string of the molecule is CC(O)C(C)N(CCC(=O)O)C(C)C. The first-order chi connectivity index (χ1) is 6.36. The maximum atomic E-state index is 10.4. The lowest BCUT2D eigenvalue weighted by Crippen LogP contribution is -2.45. The maximum Gasteiger partial charge on any atom is 0.304 e. The Balaban J connectivity index is 4.21. The molecule has 0 aromatic rings. The van der Waals surface area contributed by atoms with Crippen molar-refractivity contribution in [2.24, 2.45) is 0 Å². The molecule has 0 aliphatic carbocycles. The fourth-order valence-corrected chi connectivity index (χ4v) is 1.43. The smallest absolute Gasteiger partial charge is 0.304 e. The Bertz CT molecular complexity index is 180. The molecule has 4 nitrogen and oxygen atoms in total. The van der Waals surface area contributed by atoms with Gasteiger partial charge < -0.3 is 10.2 Å². The van der Waals surface area contributed by atoms with Gasteiger partial charge in [0, 0.05) is 18.6 Å². The second kappa shape index (κ2) is 5.98. The van der Waals surface area contributed by atoms with Crippen molar-refractivity contribution >= 4 is 5.97 Å². The number of aliphatic hydroxyl groups excluding tert-OH is 1. The summed E-state index contributed by atoms with van der Waals surface area (Å²) in [6.07, 6.45) is -0.318. The molecule has 0 saturated heterocycles. The van der Waals surface area contributed by atoms with E-state index in [1.165, 1.54) is 0 Å². The molecule has 0 saturated carbocycles. The minimum atomic E-state index is -0.798. The topological polar surface area (TPSA) is 60.8 Å². The minimum Gasteiger partial charge on any atom is -0.481 e. The van der Waals surface area contributed by atoms with E-state index in [9.17, 15) is 9.90 Å². The van der Waals surface area contributed by atoms with Gasteiger partial charge in [0.05, 0.1) is 12.5 Å². The molecule has 0 radical (unpaired) electrons. The Morgan fingerprint density at radius 2 is 1.79 bits per heavy atom. The van der Waals surface area contributed by atoms with Crippen molar-refractivity contribution in [3.8, 4) is 0 Å². The largest absolute Gasteiger partial charge is 0.481 e. The van der Waals surface area contributed by atoms with E-state index in [2.05, 4.69) is 0 Å². The Morgan fingerprint density at radius 3 is 2.07 bits per heavy atom. The van der Waals surface area contributed by atoms with Crippen LogP contribution in [0, 0.1) is 0 Å². The molecule has 0 aliphatic heterocycles. The number of rotatable bonds is 6. The summed E-state index contributed by atoms with van der Waals surface area (Å²) < 4.78 is 0. The lowest BCUT2D eigenvalue weighted by molar-refractivity contribution is -0.137. The second-order valence-corrected chi connectivity index (χ2v) is 3.96. The second-order valence-electron chi connectivity index (χ2n) is 3.96. The monoisotopic (exact) mass is 203 g/mol. The number of carbonyl (C=O) groups is 1. The summed E-state index contributed by atoms with van der Waals surface area (Å²) in [4.78, 5) is 12.4. The number of hydrogen-bond donors (Lipinski definition) is 2. The fraction of sp³-hybridized carbons (Fsp3) is 0.900. The highest BCUT2D eigenvalue weighted by atomic mass is 16.4. The molecule has 2 N–H and O–H groups in total. The van der Waals surface area contributed by atoms with Gasteiger partial charge in [-0.05, 0) is 27.7 Å². The molecule has 0 aromatic carbocycles. The van der Waals surface area contributed by atoms with Crippen molar-refractivity contribution in [3.05, 3.63) is 0 Å². The van der Waals surface area contributed by atoms with E-state index < -0.39 is 12.1 Å². The predicted octanol–water partition coefficient (Wildman–Crippen LogP) is 0.941. The van der Waals surface area contributed by atoms with Gasteiger partial charge in [-0.2, -0.15) is 0 Å². The molecule has 0 aliphatic rings. The highest BCUT2D eigenvalue weighted by Crippen LogP contribution is 2.09. The van der Waals surface area contributed by atoms with Gasteiger partial charge >= 0.3 is 5.97 Å². The first kappa shape index (κ1) is 13.4. The molecular formula is C10H21NO3. The van der Waals surface area contributed by atoms with Crippen LogP contribution in [0.5, 0.6) is 0 Å². The Hall–Kier alpha value is -0.610. The first-order valence-electron chi connectivity index (χ1n) is 5.01. The average molecular weight is 203 g/mol. The molecule has 0 bridgehead atoms. The van der Waals surface area contributed by atoms with E-state index >= 15 is 0 Å². The van der Waals surface area contributed by atoms with Crippen molar-refractivity contribution < 1.29 is 15.0 Å². The van der Waals surface area contributed by atoms with Crippen LogP contribution in [0.2, 0.25) is 0 Å². The molecule has 4 heteroatoms. The average Bonchev–Trinajstić information content (AvgIpc) is 2.02. The van der Waals surface area contributed by atoms with Crippen molar-refractivity contribution in [3.63, 3.8) is 0 Å². The Kier molecular flexibility index (Phi) is 5.72. The van der Waals surface area contributed by atoms with Gasteiger partial charge in [-0.3, -0.25) is 9.69 Å². The third kappa shape index (κ3) is 4.58. The molecule has 0 amide bonds. The zero-order valence-corrected chi connectivity index (χ0v) is 9.40. The van der Waals surface area contributed by atoms with Gasteiger partial charge in [0.1, 0.15) is 0 Å². The highest BCUT2D eigenvalue weighted by molar-refractivity contribution is 5.66. The summed E-state index contributed by atoms with van der Waals surface area (Å²) in [6.45, 7) is 8.12. The number of nitrogens with zero attached hydrogens (tertiary/aromatic N) is 1. The molecule has 2 atom stereocenters. The van der Waals surface area contributed by atoms with Crippen LogP contribution in [0.15, 0.2) is 0 Å². The fourth-order valence-electron chi connectivity index (χ4n) is 1.43. The summed E-state index contributed by atoms with van der Waals surface area (Å²) in [6, 6.07) is 0.244. The number of aliphatic carboxylic acids is 1. The van der Waals surface area contributed by atoms with E-state index in [0.29, 0.717) is 6.54 Å². The van der Waals surface area contributed by atoms with Crippen molar-refractivity contribution in [1.29, 1.82) is 0 Å². The molecule has 0 heterocycles. The number of carboxylic acid groups (broad SMARTS) is 1. The van der Waals surface area contributed by atoms with E-state index in [-0.39, 0.29) is 18.5 Å². The lowest BCUT2D eigenvalue weighted by Gasteiger charge is -2.33. The van der Waals surface area contributed by atoms with Crippen LogP contribution in [0.1, 0.15) is 34.1 Å². The summed E-state index contributed by atoms with van der Waals surface area (Å²) in [5, 5.41) is 18.0. The summed E-state index contributed by atoms with van der Waals surface area (Å²) >= 11 is 0. The highest BCUT2D eigenvalue weighted by Gasteiger charge is 2.21. The lowest BCUT2D eigenvalue weighted by atomic mass is 10.1. The normalized spacial score (nSPS) is 15.9. The van der Waals surface area contributed by atoms with Gasteiger partial charge in [0.2, 0.25) is 0 Å². The van der Waals surface area contributed by atoms with Crippen molar-refractivity contribution in [1.82, 2.24) is 4.90 Å². The number of hydrogen-bond acceptors (Lipinski definition) is 3. The zero-order valence-electron chi connectivity index (χ0n) is 9.40. The van der Waals surface area contributed by atoms with Crippen molar-refractivity contribution in [2.75, 3.05) is 6.54 Å². The Morgan fingerprint density at radius 1 is 1.29 bits per heavy atom. The van der Waals surface area contributed by atoms with E-state index in [1.807, 2.05) is 25.7 Å². The first-order valence-corrected chi connectivity index (χ1v) is 5.01. The van der Waals surface area contributed by atoms with Crippen LogP contribution < -0.4 is 0 Å². The summed E-state index contributed by atoms with van der Waals surface area (Å²) in [5.74, 6) is -0.798. The predicted molar refractivity (Wildman–Crippen MR) is 55.2 cm³/mol. The van der Waals surface area contributed by atoms with E-state index in [1.54, 1.807) is 6.92 Å². The zero-order chi connectivity index (χ0) is 11.3. The molecule has 0 spiro atoms. The molecule has 84 valence electrons. The van der Waals surface area contributed by atoms with Crippen LogP contribution >= 0.6 is 0 Å². The molecule has 0 fully saturated rings. The van der Waals surface area contributed by atoms with Crippen LogP contribution in [-0.2, 0) is 4.79 Å². The summed E-state index contributed by atoms with van der Waals surface area (Å²) in [5.41, 5.74) is 0. The van der Waals surface area contributed by atoms with Crippen LogP contribution in [0.4, 0.5) is 0 Å². The van der Waals surface area contributed by atoms with Gasteiger partial charge in [-0.1, -0.05) is 0 Å². The molecule has 0 aromatic heterocycles. The molecule has 2 unspecified atom stereocenters. The standard InChI is InChI=1S/C10H21NO3/c1-7(2)11(6-5-10(13)14)8(3)9(4)12/h7-9,12H,5-6H2,1-4H3,(H,13,14). The van der Waals surface area contributed by atoms with Crippen molar-refractivity contribution in [2.45, 2.75) is 52.3 Å². The quantitative estimate of drug-likeness (QED) is 0.674. The number of carboxylic acids is 1. The maximum absolute atomic E-state index is 10.4. The van der Waals surface area contributed by atoms with Crippen LogP contribution in [0.25, 0.3) is 0 Å². The van der Waals surface area contributed by atoms with Gasteiger partial charge in [-0.15, -0.1) is 0 Å². The van der Waals surface area contributed by atoms with Gasteiger partial charge in [-0.25, -0.2) is 0 Å². The Labute approximate surface area is 85.5 Å². The van der Waals surface area contributed by atoms with Gasteiger partial charge in [0.15, 0.2) is 0 Å². The summed E-state index contributed by atoms with van der Waals surface area (Å²) in [7, 11) is 0. The number of aliphatic hydroxyl groups is 1. The van der Waals surface area contributed by atoms with Crippen LogP contribution in [-0.4, -0.2) is 45.8 Å².